The van der Waals surface area contributed by atoms with Crippen LogP contribution in [0.5, 0.6) is 5.75 Å². The van der Waals surface area contributed by atoms with E-state index in [1.165, 1.54) is 12.0 Å². The van der Waals surface area contributed by atoms with E-state index in [2.05, 4.69) is 0 Å². The van der Waals surface area contributed by atoms with E-state index in [0.717, 1.165) is 36.8 Å². The van der Waals surface area contributed by atoms with Crippen molar-refractivity contribution >= 4 is 17.6 Å². The molecule has 19 heavy (non-hydrogen) atoms. The molecule has 0 radical (unpaired) electrons. The van der Waals surface area contributed by atoms with Crippen LogP contribution in [0.15, 0.2) is 6.07 Å². The van der Waals surface area contributed by atoms with Crippen molar-refractivity contribution in [3.63, 3.8) is 0 Å². The van der Waals surface area contributed by atoms with Crippen LogP contribution in [0.4, 0.5) is 0 Å². The lowest BCUT2D eigenvalue weighted by molar-refractivity contribution is -0.141. The number of halogens is 1. The molecule has 0 fully saturated rings. The maximum absolute atomic E-state index is 11.0. The number of aromatic hydroxyl groups is 1. The van der Waals surface area contributed by atoms with E-state index in [1.807, 2.05) is 6.07 Å². The zero-order valence-electron chi connectivity index (χ0n) is 11.1. The Morgan fingerprint density at radius 1 is 1.37 bits per heavy atom. The first kappa shape index (κ1) is 14.2. The zero-order valence-corrected chi connectivity index (χ0v) is 11.8. The molecule has 0 aromatic heterocycles. The second kappa shape index (κ2) is 5.83. The number of aliphatic carboxylic acids is 1. The molecule has 0 heterocycles. The molecule has 104 valence electrons. The topological polar surface area (TPSA) is 57.5 Å². The number of carboxylic acid groups (broad SMARTS) is 1. The van der Waals surface area contributed by atoms with Crippen molar-refractivity contribution in [2.45, 2.75) is 45.4 Å². The number of hydrogen-bond acceptors (Lipinski definition) is 2. The number of carbonyl (C=O) groups is 1. The number of aryl methyl sites for hydroxylation is 1. The van der Waals surface area contributed by atoms with Crippen LogP contribution in [0, 0.1) is 5.92 Å². The summed E-state index contributed by atoms with van der Waals surface area (Å²) in [6.07, 6.45) is 5.58. The number of hydrogen-bond donors (Lipinski definition) is 2. The Bertz CT molecular complexity index is 497. The van der Waals surface area contributed by atoms with E-state index in [4.69, 9.17) is 16.7 Å². The van der Waals surface area contributed by atoms with Crippen molar-refractivity contribution in [1.29, 1.82) is 0 Å². The van der Waals surface area contributed by atoms with Crippen LogP contribution in [0.1, 0.15) is 42.9 Å². The minimum Gasteiger partial charge on any atom is -0.506 e. The summed E-state index contributed by atoms with van der Waals surface area (Å²) in [6.45, 7) is 1.66. The van der Waals surface area contributed by atoms with Crippen LogP contribution in [0.3, 0.4) is 0 Å². The van der Waals surface area contributed by atoms with Gasteiger partial charge in [-0.05, 0) is 54.9 Å². The van der Waals surface area contributed by atoms with Crippen LogP contribution in [0.2, 0.25) is 5.02 Å². The van der Waals surface area contributed by atoms with Gasteiger partial charge in [-0.15, -0.1) is 0 Å². The lowest BCUT2D eigenvalue weighted by atomic mass is 9.90. The summed E-state index contributed by atoms with van der Waals surface area (Å²) in [5.41, 5.74) is 3.03. The first-order chi connectivity index (χ1) is 9.00. The summed E-state index contributed by atoms with van der Waals surface area (Å²) in [5, 5.41) is 19.5. The van der Waals surface area contributed by atoms with Gasteiger partial charge in [-0.25, -0.2) is 0 Å². The predicted molar refractivity (Wildman–Crippen MR) is 74.9 cm³/mol. The highest BCUT2D eigenvalue weighted by Crippen LogP contribution is 2.37. The van der Waals surface area contributed by atoms with Crippen LogP contribution in [0.25, 0.3) is 0 Å². The minimum absolute atomic E-state index is 0.0652. The molecule has 2 rings (SSSR count). The van der Waals surface area contributed by atoms with Crippen LogP contribution in [-0.2, 0) is 24.1 Å². The summed E-state index contributed by atoms with van der Waals surface area (Å²) in [6, 6.07) is 1.84. The standard InChI is InChI=1S/C15H19ClO3/c1-9(15(18)19)7-12-11-6-4-2-3-5-10(11)8-13(16)14(12)17/h8-9,17H,2-7H2,1H3,(H,18,19). The van der Waals surface area contributed by atoms with Gasteiger partial charge in [0.1, 0.15) is 5.75 Å². The number of phenolic OH excluding ortho intramolecular Hbond substituents is 1. The third kappa shape index (κ3) is 3.03. The Hall–Kier alpha value is -1.22. The third-order valence-electron chi connectivity index (χ3n) is 3.87. The van der Waals surface area contributed by atoms with Gasteiger partial charge in [0.2, 0.25) is 0 Å². The SMILES string of the molecule is CC(Cc1c(O)c(Cl)cc2c1CCCCC2)C(=O)O. The molecule has 0 spiro atoms. The van der Waals surface area contributed by atoms with Crippen molar-refractivity contribution in [3.05, 3.63) is 27.8 Å². The lowest BCUT2D eigenvalue weighted by Crippen LogP contribution is -2.14. The second-order valence-corrected chi connectivity index (χ2v) is 5.73. The summed E-state index contributed by atoms with van der Waals surface area (Å²) >= 11 is 6.07. The molecule has 3 nitrogen and oxygen atoms in total. The van der Waals surface area contributed by atoms with E-state index in [1.54, 1.807) is 6.92 Å². The van der Waals surface area contributed by atoms with E-state index in [-0.39, 0.29) is 5.75 Å². The Morgan fingerprint density at radius 2 is 2.05 bits per heavy atom. The molecule has 1 atom stereocenters. The Balaban J connectivity index is 2.45. The van der Waals surface area contributed by atoms with Gasteiger partial charge in [-0.2, -0.15) is 0 Å². The molecular weight excluding hydrogens is 264 g/mol. The van der Waals surface area contributed by atoms with Gasteiger partial charge in [0.05, 0.1) is 10.9 Å². The molecule has 0 bridgehead atoms. The molecule has 1 aromatic rings. The smallest absolute Gasteiger partial charge is 0.306 e. The molecule has 0 amide bonds. The maximum Gasteiger partial charge on any atom is 0.306 e. The quantitative estimate of drug-likeness (QED) is 0.833. The molecular formula is C15H19ClO3. The van der Waals surface area contributed by atoms with Crippen molar-refractivity contribution in [1.82, 2.24) is 0 Å². The first-order valence-corrected chi connectivity index (χ1v) is 7.13. The number of carboxylic acids is 1. The molecule has 0 saturated carbocycles. The van der Waals surface area contributed by atoms with Crippen LogP contribution in [-0.4, -0.2) is 16.2 Å². The van der Waals surface area contributed by atoms with Gasteiger partial charge in [0.15, 0.2) is 0 Å². The minimum atomic E-state index is -0.846. The molecule has 1 aliphatic rings. The van der Waals surface area contributed by atoms with Crippen molar-refractivity contribution in [2.24, 2.45) is 5.92 Å². The van der Waals surface area contributed by atoms with Crippen molar-refractivity contribution in [2.75, 3.05) is 0 Å². The predicted octanol–water partition coefficient (Wildman–Crippen LogP) is 3.58. The van der Waals surface area contributed by atoms with Crippen LogP contribution < -0.4 is 0 Å². The van der Waals surface area contributed by atoms with Gasteiger partial charge >= 0.3 is 5.97 Å². The van der Waals surface area contributed by atoms with E-state index in [0.29, 0.717) is 11.4 Å². The molecule has 2 N–H and O–H groups in total. The average Bonchev–Trinajstić information content (AvgIpc) is 2.59. The molecule has 1 aliphatic carbocycles. The second-order valence-electron chi connectivity index (χ2n) is 5.33. The van der Waals surface area contributed by atoms with Gasteiger partial charge < -0.3 is 10.2 Å². The maximum atomic E-state index is 11.0. The summed E-state index contributed by atoms with van der Waals surface area (Å²) < 4.78 is 0. The summed E-state index contributed by atoms with van der Waals surface area (Å²) in [7, 11) is 0. The highest BCUT2D eigenvalue weighted by molar-refractivity contribution is 6.32. The molecule has 4 heteroatoms. The number of benzene rings is 1. The van der Waals surface area contributed by atoms with Gasteiger partial charge in [0.25, 0.3) is 0 Å². The van der Waals surface area contributed by atoms with Gasteiger partial charge in [-0.3, -0.25) is 4.79 Å². The Labute approximate surface area is 118 Å². The van der Waals surface area contributed by atoms with Crippen molar-refractivity contribution < 1.29 is 15.0 Å². The first-order valence-electron chi connectivity index (χ1n) is 6.75. The Kier molecular flexibility index (Phi) is 4.35. The molecule has 1 aromatic carbocycles. The molecule has 1 unspecified atom stereocenters. The van der Waals surface area contributed by atoms with Crippen LogP contribution >= 0.6 is 11.6 Å². The number of fused-ring (bicyclic) bond motifs is 1. The molecule has 0 saturated heterocycles. The highest BCUT2D eigenvalue weighted by Gasteiger charge is 2.22. The van der Waals surface area contributed by atoms with E-state index in [9.17, 15) is 9.90 Å². The average molecular weight is 283 g/mol. The fourth-order valence-electron chi connectivity index (χ4n) is 2.73. The fraction of sp³-hybridized carbons (Fsp3) is 0.533. The van der Waals surface area contributed by atoms with Gasteiger partial charge in [0, 0.05) is 0 Å². The van der Waals surface area contributed by atoms with E-state index >= 15 is 0 Å². The lowest BCUT2D eigenvalue weighted by Gasteiger charge is -2.17. The largest absolute Gasteiger partial charge is 0.506 e. The summed E-state index contributed by atoms with van der Waals surface area (Å²) in [4.78, 5) is 11.0. The normalized spacial score (nSPS) is 16.5. The zero-order chi connectivity index (χ0) is 14.0. The third-order valence-corrected chi connectivity index (χ3v) is 4.16. The van der Waals surface area contributed by atoms with E-state index < -0.39 is 11.9 Å². The number of phenols is 1. The monoisotopic (exact) mass is 282 g/mol. The number of rotatable bonds is 3. The van der Waals surface area contributed by atoms with Crippen molar-refractivity contribution in [3.8, 4) is 5.75 Å². The summed E-state index contributed by atoms with van der Waals surface area (Å²) in [5.74, 6) is -1.30. The Morgan fingerprint density at radius 3 is 2.74 bits per heavy atom. The van der Waals surface area contributed by atoms with Gasteiger partial charge in [-0.1, -0.05) is 24.9 Å². The molecule has 0 aliphatic heterocycles. The fourth-order valence-corrected chi connectivity index (χ4v) is 2.98. The highest BCUT2D eigenvalue weighted by atomic mass is 35.5.